The second-order valence-electron chi connectivity index (χ2n) is 17.6. The van der Waals surface area contributed by atoms with E-state index in [9.17, 15) is 0 Å². The average Bonchev–Trinajstić information content (AvgIpc) is 3.87. The van der Waals surface area contributed by atoms with Crippen LogP contribution in [0.2, 0.25) is 0 Å². The Morgan fingerprint density at radius 3 is 1.82 bits per heavy atom. The summed E-state index contributed by atoms with van der Waals surface area (Å²) in [5.41, 5.74) is 19.0. The van der Waals surface area contributed by atoms with Crippen LogP contribution in [0.15, 0.2) is 188 Å². The fourth-order valence-electron chi connectivity index (χ4n) is 10.8. The van der Waals surface area contributed by atoms with Crippen LogP contribution >= 0.6 is 11.3 Å². The number of thiophene rings is 1. The van der Waals surface area contributed by atoms with Gasteiger partial charge in [-0.2, -0.15) is 0 Å². The summed E-state index contributed by atoms with van der Waals surface area (Å²) >= 11 is 1.89. The van der Waals surface area contributed by atoms with Crippen molar-refractivity contribution in [2.75, 3.05) is 4.90 Å². The van der Waals surface area contributed by atoms with E-state index in [2.05, 4.69) is 221 Å². The maximum Gasteiger partial charge on any atom is 0.0546 e. The monoisotopic (exact) mass is 785 g/mol. The standard InChI is InChI=1S/C58H43NS/c1-57(2)49-25-12-10-18-42(49)43-33-32-39(34-51(43)57)59(38-30-28-37(29-31-38)41-23-14-24-47-45-20-11-13-27-53(45)60-56(41)47)52-35-48-54-40(36-16-6-5-7-17-36)22-15-26-50(54)58(3,4)55(48)46-21-9-8-19-44(46)52/h5-35H,1-4H3. The van der Waals surface area contributed by atoms with E-state index < -0.39 is 0 Å². The van der Waals surface area contributed by atoms with Crippen molar-refractivity contribution in [1.82, 2.24) is 0 Å². The van der Waals surface area contributed by atoms with Crippen molar-refractivity contribution in [3.8, 4) is 44.5 Å². The van der Waals surface area contributed by atoms with E-state index in [-0.39, 0.29) is 10.8 Å². The zero-order valence-electron chi connectivity index (χ0n) is 34.3. The Morgan fingerprint density at radius 1 is 0.383 bits per heavy atom. The van der Waals surface area contributed by atoms with Crippen LogP contribution in [0.4, 0.5) is 17.1 Å². The molecule has 10 aromatic rings. The average molecular weight is 786 g/mol. The molecule has 286 valence electrons. The number of nitrogens with zero attached hydrogens (tertiary/aromatic N) is 1. The van der Waals surface area contributed by atoms with E-state index >= 15 is 0 Å². The lowest BCUT2D eigenvalue weighted by Crippen LogP contribution is -2.17. The maximum atomic E-state index is 2.53. The van der Waals surface area contributed by atoms with Crippen LogP contribution in [0, 0.1) is 0 Å². The molecule has 9 aromatic carbocycles. The predicted octanol–water partition coefficient (Wildman–Crippen LogP) is 16.6. The van der Waals surface area contributed by atoms with Gasteiger partial charge in [-0.15, -0.1) is 11.3 Å². The fourth-order valence-corrected chi connectivity index (χ4v) is 12.0. The number of anilines is 3. The van der Waals surface area contributed by atoms with Gasteiger partial charge >= 0.3 is 0 Å². The topological polar surface area (TPSA) is 3.24 Å². The molecule has 0 N–H and O–H groups in total. The molecule has 0 aliphatic heterocycles. The molecule has 1 nitrogen and oxygen atoms in total. The van der Waals surface area contributed by atoms with E-state index in [0.717, 1.165) is 11.4 Å². The largest absolute Gasteiger partial charge is 0.310 e. The van der Waals surface area contributed by atoms with Crippen molar-refractivity contribution in [3.05, 3.63) is 210 Å². The Morgan fingerprint density at radius 2 is 0.983 bits per heavy atom. The molecular formula is C58H43NS. The summed E-state index contributed by atoms with van der Waals surface area (Å²) in [5.74, 6) is 0. The van der Waals surface area contributed by atoms with Crippen LogP contribution in [0.25, 0.3) is 75.5 Å². The molecule has 0 unspecified atom stereocenters. The summed E-state index contributed by atoms with van der Waals surface area (Å²) < 4.78 is 2.66. The molecule has 2 heteroatoms. The Balaban J connectivity index is 1.11. The van der Waals surface area contributed by atoms with E-state index in [1.165, 1.54) is 103 Å². The third-order valence-corrected chi connectivity index (χ3v) is 14.9. The highest BCUT2D eigenvalue weighted by atomic mass is 32.1. The minimum Gasteiger partial charge on any atom is -0.310 e. The normalized spacial score (nSPS) is 14.3. The summed E-state index contributed by atoms with van der Waals surface area (Å²) in [6, 6.07) is 70.4. The van der Waals surface area contributed by atoms with Gasteiger partial charge in [-0.1, -0.05) is 179 Å². The van der Waals surface area contributed by atoms with Crippen molar-refractivity contribution in [2.24, 2.45) is 0 Å². The first-order valence-corrected chi connectivity index (χ1v) is 21.9. The lowest BCUT2D eigenvalue weighted by atomic mass is 9.79. The summed E-state index contributed by atoms with van der Waals surface area (Å²) in [6.45, 7) is 9.58. The molecule has 0 radical (unpaired) electrons. The van der Waals surface area contributed by atoms with Gasteiger partial charge in [0.25, 0.3) is 0 Å². The zero-order valence-corrected chi connectivity index (χ0v) is 35.1. The molecule has 0 bridgehead atoms. The molecule has 2 aliphatic rings. The van der Waals surface area contributed by atoms with Gasteiger partial charge in [-0.25, -0.2) is 0 Å². The van der Waals surface area contributed by atoms with E-state index in [0.29, 0.717) is 0 Å². The molecule has 2 aliphatic carbocycles. The number of benzene rings is 9. The van der Waals surface area contributed by atoms with Gasteiger partial charge in [0, 0.05) is 47.8 Å². The Labute approximate surface area is 355 Å². The van der Waals surface area contributed by atoms with Crippen LogP contribution < -0.4 is 4.90 Å². The summed E-state index contributed by atoms with van der Waals surface area (Å²) in [6.07, 6.45) is 0. The highest BCUT2D eigenvalue weighted by Crippen LogP contribution is 2.58. The molecule has 1 aromatic heterocycles. The summed E-state index contributed by atoms with van der Waals surface area (Å²) in [7, 11) is 0. The lowest BCUT2D eigenvalue weighted by Gasteiger charge is -2.31. The van der Waals surface area contributed by atoms with Crippen LogP contribution in [-0.2, 0) is 10.8 Å². The predicted molar refractivity (Wildman–Crippen MR) is 258 cm³/mol. The molecular weight excluding hydrogens is 743 g/mol. The second kappa shape index (κ2) is 12.9. The summed E-state index contributed by atoms with van der Waals surface area (Å²) in [4.78, 5) is 2.53. The van der Waals surface area contributed by atoms with Crippen molar-refractivity contribution < 1.29 is 0 Å². The van der Waals surface area contributed by atoms with E-state index in [1.54, 1.807) is 0 Å². The van der Waals surface area contributed by atoms with Crippen molar-refractivity contribution in [2.45, 2.75) is 38.5 Å². The summed E-state index contributed by atoms with van der Waals surface area (Å²) in [5, 5.41) is 5.20. The molecule has 60 heavy (non-hydrogen) atoms. The number of hydrogen-bond acceptors (Lipinski definition) is 2. The Hall–Kier alpha value is -6.74. The van der Waals surface area contributed by atoms with Crippen LogP contribution in [0.5, 0.6) is 0 Å². The molecule has 0 amide bonds. The SMILES string of the molecule is CC1(C)c2ccccc2-c2ccc(N(c3ccc(-c4cccc5c4sc4ccccc45)cc3)c3cc4c(c5ccccc35)C(C)(C)c3cccc(-c5ccccc5)c3-4)cc21. The first kappa shape index (κ1) is 35.2. The van der Waals surface area contributed by atoms with Gasteiger partial charge in [-0.05, 0) is 109 Å². The van der Waals surface area contributed by atoms with Crippen molar-refractivity contribution in [1.29, 1.82) is 0 Å². The van der Waals surface area contributed by atoms with Crippen molar-refractivity contribution in [3.63, 3.8) is 0 Å². The second-order valence-corrected chi connectivity index (χ2v) is 18.7. The number of fused-ring (bicyclic) bond motifs is 11. The maximum absolute atomic E-state index is 2.53. The van der Waals surface area contributed by atoms with Crippen LogP contribution in [0.1, 0.15) is 49.9 Å². The molecule has 12 rings (SSSR count). The fraction of sp³-hybridized carbons (Fsp3) is 0.103. The molecule has 0 atom stereocenters. The van der Waals surface area contributed by atoms with Gasteiger partial charge in [0.05, 0.1) is 5.69 Å². The van der Waals surface area contributed by atoms with Gasteiger partial charge in [0.2, 0.25) is 0 Å². The van der Waals surface area contributed by atoms with Gasteiger partial charge in [-0.3, -0.25) is 0 Å². The smallest absolute Gasteiger partial charge is 0.0546 e. The van der Waals surface area contributed by atoms with Crippen molar-refractivity contribution >= 4 is 59.3 Å². The van der Waals surface area contributed by atoms with E-state index in [4.69, 9.17) is 0 Å². The van der Waals surface area contributed by atoms with Gasteiger partial charge < -0.3 is 4.90 Å². The highest BCUT2D eigenvalue weighted by molar-refractivity contribution is 7.26. The molecule has 0 saturated heterocycles. The molecule has 1 heterocycles. The molecule has 0 fully saturated rings. The zero-order chi connectivity index (χ0) is 40.3. The quantitative estimate of drug-likeness (QED) is 0.168. The molecule has 0 saturated carbocycles. The first-order chi connectivity index (χ1) is 29.3. The Bertz CT molecular complexity index is 3370. The molecule has 0 spiro atoms. The Kier molecular flexibility index (Phi) is 7.56. The minimum atomic E-state index is -0.183. The minimum absolute atomic E-state index is 0.131. The lowest BCUT2D eigenvalue weighted by molar-refractivity contribution is 0.660. The van der Waals surface area contributed by atoms with E-state index in [1.807, 2.05) is 11.3 Å². The van der Waals surface area contributed by atoms with Crippen LogP contribution in [0.3, 0.4) is 0 Å². The third kappa shape index (κ3) is 4.98. The van der Waals surface area contributed by atoms with Gasteiger partial charge in [0.15, 0.2) is 0 Å². The third-order valence-electron chi connectivity index (χ3n) is 13.6. The van der Waals surface area contributed by atoms with Crippen LogP contribution in [-0.4, -0.2) is 0 Å². The first-order valence-electron chi connectivity index (χ1n) is 21.1. The van der Waals surface area contributed by atoms with Gasteiger partial charge in [0.1, 0.15) is 0 Å². The number of hydrogen-bond donors (Lipinski definition) is 0. The number of rotatable bonds is 5. The highest BCUT2D eigenvalue weighted by Gasteiger charge is 2.40.